The van der Waals surface area contributed by atoms with E-state index in [0.29, 0.717) is 31.2 Å². The second kappa shape index (κ2) is 7.92. The molecule has 0 radical (unpaired) electrons. The lowest BCUT2D eigenvalue weighted by Crippen LogP contribution is -2.35. The Bertz CT molecular complexity index is 1320. The molecule has 1 N–H and O–H groups in total. The average Bonchev–Trinajstić information content (AvgIpc) is 2.79. The summed E-state index contributed by atoms with van der Waals surface area (Å²) in [5.74, 6) is 1.19. The van der Waals surface area contributed by atoms with Gasteiger partial charge in [0.05, 0.1) is 18.3 Å². The fraction of sp³-hybridized carbons (Fsp3) is 0.250. The van der Waals surface area contributed by atoms with Crippen molar-refractivity contribution in [2.24, 2.45) is 0 Å². The minimum atomic E-state index is -0.0659. The summed E-state index contributed by atoms with van der Waals surface area (Å²) in [6.45, 7) is 4.11. The first-order chi connectivity index (χ1) is 15.1. The topological polar surface area (TPSA) is 84.0 Å². The minimum Gasteiger partial charge on any atom is -0.481 e. The number of benzene rings is 1. The summed E-state index contributed by atoms with van der Waals surface area (Å²) in [7, 11) is 1.65. The van der Waals surface area contributed by atoms with E-state index in [1.807, 2.05) is 12.1 Å². The van der Waals surface area contributed by atoms with Gasteiger partial charge >= 0.3 is 0 Å². The Morgan fingerprint density at radius 3 is 2.90 bits per heavy atom. The van der Waals surface area contributed by atoms with E-state index < -0.39 is 0 Å². The van der Waals surface area contributed by atoms with Gasteiger partial charge < -0.3 is 9.72 Å². The molecule has 3 aromatic heterocycles. The van der Waals surface area contributed by atoms with Gasteiger partial charge in [-0.3, -0.25) is 14.7 Å². The Balaban J connectivity index is 1.45. The number of methoxy groups -OCH3 is 1. The Hall–Kier alpha value is -3.58. The number of hydrogen-bond donors (Lipinski definition) is 1. The third kappa shape index (κ3) is 3.80. The standard InChI is InChI=1S/C24H23N5O2/c1-15-5-6-16-11-18(24(31-2)27-20(16)10-15)13-29-9-7-19-21(14-29)26-22(28-23(19)30)17-4-3-8-25-12-17/h3-6,8,10-12H,7,9,13-14H2,1-2H3,(H,26,28,30). The number of hydrogen-bond acceptors (Lipinski definition) is 6. The van der Waals surface area contributed by atoms with Crippen LogP contribution in [0.1, 0.15) is 22.4 Å². The molecule has 0 aliphatic carbocycles. The largest absolute Gasteiger partial charge is 0.481 e. The molecular weight excluding hydrogens is 390 g/mol. The fourth-order valence-corrected chi connectivity index (χ4v) is 4.10. The van der Waals surface area contributed by atoms with Crippen LogP contribution >= 0.6 is 0 Å². The molecular formula is C24H23N5O2. The number of ether oxygens (including phenoxy) is 1. The molecule has 0 saturated heterocycles. The predicted octanol–water partition coefficient (Wildman–Crippen LogP) is 3.26. The van der Waals surface area contributed by atoms with Gasteiger partial charge in [-0.15, -0.1) is 0 Å². The zero-order valence-corrected chi connectivity index (χ0v) is 17.6. The summed E-state index contributed by atoms with van der Waals surface area (Å²) >= 11 is 0. The van der Waals surface area contributed by atoms with Crippen molar-refractivity contribution >= 4 is 10.9 Å². The number of nitrogens with zero attached hydrogens (tertiary/aromatic N) is 4. The van der Waals surface area contributed by atoms with Crippen LogP contribution in [0.3, 0.4) is 0 Å². The zero-order chi connectivity index (χ0) is 21.4. The molecule has 0 saturated carbocycles. The van der Waals surface area contributed by atoms with Crippen molar-refractivity contribution in [3.8, 4) is 17.3 Å². The Kier molecular flexibility index (Phi) is 4.95. The quantitative estimate of drug-likeness (QED) is 0.553. The van der Waals surface area contributed by atoms with Gasteiger partial charge in [-0.05, 0) is 43.2 Å². The highest BCUT2D eigenvalue weighted by molar-refractivity contribution is 5.80. The molecule has 0 bridgehead atoms. The third-order valence-electron chi connectivity index (χ3n) is 5.69. The second-order valence-corrected chi connectivity index (χ2v) is 7.90. The van der Waals surface area contributed by atoms with E-state index in [-0.39, 0.29) is 5.56 Å². The van der Waals surface area contributed by atoms with Gasteiger partial charge in [-0.2, -0.15) is 0 Å². The van der Waals surface area contributed by atoms with Crippen LogP contribution in [-0.4, -0.2) is 38.5 Å². The summed E-state index contributed by atoms with van der Waals surface area (Å²) < 4.78 is 5.59. The summed E-state index contributed by atoms with van der Waals surface area (Å²) in [5.41, 5.74) is 5.45. The number of nitrogens with one attached hydrogen (secondary N) is 1. The maximum Gasteiger partial charge on any atom is 0.254 e. The van der Waals surface area contributed by atoms with E-state index in [4.69, 9.17) is 14.7 Å². The van der Waals surface area contributed by atoms with E-state index in [0.717, 1.165) is 39.8 Å². The lowest BCUT2D eigenvalue weighted by atomic mass is 10.0. The molecule has 4 heterocycles. The fourth-order valence-electron chi connectivity index (χ4n) is 4.10. The SMILES string of the molecule is COc1nc2cc(C)ccc2cc1CN1CCc2c(nc(-c3cccnc3)[nH]c2=O)C1. The van der Waals surface area contributed by atoms with Crippen LogP contribution in [0.4, 0.5) is 0 Å². The van der Waals surface area contributed by atoms with Crippen LogP contribution in [0.2, 0.25) is 0 Å². The number of rotatable bonds is 4. The van der Waals surface area contributed by atoms with Crippen molar-refractivity contribution in [3.63, 3.8) is 0 Å². The van der Waals surface area contributed by atoms with Crippen molar-refractivity contribution in [2.45, 2.75) is 26.4 Å². The molecule has 5 rings (SSSR count). The van der Waals surface area contributed by atoms with Gasteiger partial charge in [0.25, 0.3) is 5.56 Å². The molecule has 0 atom stereocenters. The molecule has 7 heteroatoms. The summed E-state index contributed by atoms with van der Waals surface area (Å²) in [6.07, 6.45) is 4.07. The molecule has 4 aromatic rings. The van der Waals surface area contributed by atoms with Crippen LogP contribution in [0, 0.1) is 6.92 Å². The van der Waals surface area contributed by atoms with Crippen LogP contribution in [-0.2, 0) is 19.5 Å². The van der Waals surface area contributed by atoms with E-state index in [9.17, 15) is 4.79 Å². The Labute approximate surface area is 179 Å². The van der Waals surface area contributed by atoms with Gasteiger partial charge in [-0.1, -0.05) is 12.1 Å². The molecule has 156 valence electrons. The van der Waals surface area contributed by atoms with Crippen LogP contribution < -0.4 is 10.3 Å². The normalized spacial score (nSPS) is 13.9. The van der Waals surface area contributed by atoms with E-state index in [1.165, 1.54) is 5.56 Å². The van der Waals surface area contributed by atoms with Crippen molar-refractivity contribution in [2.75, 3.05) is 13.7 Å². The third-order valence-corrected chi connectivity index (χ3v) is 5.69. The van der Waals surface area contributed by atoms with Crippen molar-refractivity contribution in [1.82, 2.24) is 24.8 Å². The zero-order valence-electron chi connectivity index (χ0n) is 17.6. The van der Waals surface area contributed by atoms with Crippen molar-refractivity contribution in [1.29, 1.82) is 0 Å². The number of H-pyrrole nitrogens is 1. The van der Waals surface area contributed by atoms with E-state index in [2.05, 4.69) is 46.1 Å². The molecule has 1 aliphatic heterocycles. The van der Waals surface area contributed by atoms with Gasteiger partial charge in [0.15, 0.2) is 0 Å². The summed E-state index contributed by atoms with van der Waals surface area (Å²) in [6, 6.07) is 12.1. The number of fused-ring (bicyclic) bond motifs is 2. The number of aromatic amines is 1. The van der Waals surface area contributed by atoms with Crippen LogP contribution in [0.15, 0.2) is 53.6 Å². The first-order valence-corrected chi connectivity index (χ1v) is 10.3. The summed E-state index contributed by atoms with van der Waals surface area (Å²) in [4.78, 5) is 31.4. The molecule has 0 unspecified atom stereocenters. The van der Waals surface area contributed by atoms with E-state index in [1.54, 1.807) is 19.5 Å². The van der Waals surface area contributed by atoms with Crippen molar-refractivity contribution in [3.05, 3.63) is 81.5 Å². The minimum absolute atomic E-state index is 0.0659. The van der Waals surface area contributed by atoms with E-state index >= 15 is 0 Å². The highest BCUT2D eigenvalue weighted by atomic mass is 16.5. The Morgan fingerprint density at radius 1 is 1.19 bits per heavy atom. The molecule has 1 aliphatic rings. The van der Waals surface area contributed by atoms with Gasteiger partial charge in [0.1, 0.15) is 5.82 Å². The maximum atomic E-state index is 12.6. The number of aromatic nitrogens is 4. The number of aryl methyl sites for hydroxylation is 1. The summed E-state index contributed by atoms with van der Waals surface area (Å²) in [5, 5.41) is 1.09. The average molecular weight is 413 g/mol. The molecule has 0 amide bonds. The lowest BCUT2D eigenvalue weighted by Gasteiger charge is -2.28. The monoisotopic (exact) mass is 413 g/mol. The highest BCUT2D eigenvalue weighted by Gasteiger charge is 2.23. The predicted molar refractivity (Wildman–Crippen MR) is 119 cm³/mol. The smallest absolute Gasteiger partial charge is 0.254 e. The first-order valence-electron chi connectivity index (χ1n) is 10.3. The Morgan fingerprint density at radius 2 is 2.10 bits per heavy atom. The molecule has 7 nitrogen and oxygen atoms in total. The van der Waals surface area contributed by atoms with Gasteiger partial charge in [-0.25, -0.2) is 9.97 Å². The molecule has 0 spiro atoms. The highest BCUT2D eigenvalue weighted by Crippen LogP contribution is 2.26. The molecule has 0 fully saturated rings. The van der Waals surface area contributed by atoms with Crippen LogP contribution in [0.5, 0.6) is 5.88 Å². The second-order valence-electron chi connectivity index (χ2n) is 7.90. The lowest BCUT2D eigenvalue weighted by molar-refractivity contribution is 0.236. The van der Waals surface area contributed by atoms with Crippen molar-refractivity contribution < 1.29 is 4.74 Å². The van der Waals surface area contributed by atoms with Crippen LogP contribution in [0.25, 0.3) is 22.3 Å². The van der Waals surface area contributed by atoms with Gasteiger partial charge in [0, 0.05) is 54.1 Å². The van der Waals surface area contributed by atoms with Gasteiger partial charge in [0.2, 0.25) is 5.88 Å². The maximum absolute atomic E-state index is 12.6. The number of pyridine rings is 2. The molecule has 31 heavy (non-hydrogen) atoms. The first kappa shape index (κ1) is 19.4. The molecule has 1 aromatic carbocycles.